The van der Waals surface area contributed by atoms with Crippen molar-refractivity contribution in [2.24, 2.45) is 0 Å². The molecule has 1 aromatic carbocycles. The fourth-order valence-electron chi connectivity index (χ4n) is 2.05. The van der Waals surface area contributed by atoms with Gasteiger partial charge in [0.2, 0.25) is 4.96 Å². The van der Waals surface area contributed by atoms with Gasteiger partial charge in [0, 0.05) is 28.8 Å². The van der Waals surface area contributed by atoms with Gasteiger partial charge in [-0.1, -0.05) is 30.4 Å². The van der Waals surface area contributed by atoms with E-state index >= 15 is 0 Å². The second-order valence-electron chi connectivity index (χ2n) is 4.85. The van der Waals surface area contributed by atoms with E-state index in [1.807, 2.05) is 24.3 Å². The monoisotopic (exact) mass is 332 g/mol. The Labute approximate surface area is 136 Å². The summed E-state index contributed by atoms with van der Waals surface area (Å²) < 4.78 is 1.39. The highest BCUT2D eigenvalue weighted by Crippen LogP contribution is 2.27. The fraction of sp³-hybridized carbons (Fsp3) is 0.267. The molecule has 2 heterocycles. The van der Waals surface area contributed by atoms with Crippen molar-refractivity contribution in [3.05, 3.63) is 51.4 Å². The zero-order chi connectivity index (χ0) is 15.5. The topological polar surface area (TPSA) is 73.3 Å². The highest BCUT2D eigenvalue weighted by molar-refractivity contribution is 7.98. The average Bonchev–Trinajstić information content (AvgIpc) is 2.90. The van der Waals surface area contributed by atoms with E-state index in [0.717, 1.165) is 34.1 Å². The molecule has 0 bridgehead atoms. The third kappa shape index (κ3) is 3.15. The lowest BCUT2D eigenvalue weighted by Crippen LogP contribution is -2.15. The van der Waals surface area contributed by atoms with Gasteiger partial charge in [0.25, 0.3) is 5.56 Å². The number of thioether (sulfide) groups is 1. The predicted molar refractivity (Wildman–Crippen MR) is 91.5 cm³/mol. The molecule has 0 unspecified atom stereocenters. The summed E-state index contributed by atoms with van der Waals surface area (Å²) in [6.45, 7) is 2.09. The minimum absolute atomic E-state index is 0.125. The normalized spacial score (nSPS) is 11.1. The summed E-state index contributed by atoms with van der Waals surface area (Å²) in [5, 5.41) is 5.26. The quantitative estimate of drug-likeness (QED) is 0.574. The van der Waals surface area contributed by atoms with E-state index in [1.54, 1.807) is 17.8 Å². The molecule has 0 atom stereocenters. The van der Waals surface area contributed by atoms with E-state index in [1.165, 1.54) is 15.9 Å². The first-order chi connectivity index (χ1) is 10.7. The van der Waals surface area contributed by atoms with Crippen molar-refractivity contribution >= 4 is 33.7 Å². The summed E-state index contributed by atoms with van der Waals surface area (Å²) in [6, 6.07) is 9.24. The lowest BCUT2D eigenvalue weighted by atomic mass is 10.3. The molecule has 22 heavy (non-hydrogen) atoms. The second-order valence-corrected chi connectivity index (χ2v) is 6.91. The van der Waals surface area contributed by atoms with Crippen molar-refractivity contribution in [3.63, 3.8) is 0 Å². The van der Waals surface area contributed by atoms with Gasteiger partial charge in [-0.15, -0.1) is 11.8 Å². The number of aromatic nitrogens is 3. The molecule has 0 aliphatic rings. The molecule has 2 N–H and O–H groups in total. The number of hydrogen-bond donors (Lipinski definition) is 1. The number of nitrogen functional groups attached to an aromatic ring is 1. The van der Waals surface area contributed by atoms with E-state index < -0.39 is 0 Å². The smallest absolute Gasteiger partial charge is 0.275 e. The highest BCUT2D eigenvalue weighted by Gasteiger charge is 2.09. The third-order valence-corrected chi connectivity index (χ3v) is 5.19. The Morgan fingerprint density at radius 1 is 1.36 bits per heavy atom. The van der Waals surface area contributed by atoms with Crippen LogP contribution < -0.4 is 11.3 Å². The first-order valence-corrected chi connectivity index (χ1v) is 8.83. The maximum Gasteiger partial charge on any atom is 0.275 e. The average molecular weight is 332 g/mol. The van der Waals surface area contributed by atoms with Gasteiger partial charge in [0.05, 0.1) is 5.69 Å². The van der Waals surface area contributed by atoms with Crippen LogP contribution >= 0.6 is 23.1 Å². The first kappa shape index (κ1) is 15.1. The molecule has 0 aliphatic carbocycles. The number of aryl methyl sites for hydroxylation is 1. The summed E-state index contributed by atoms with van der Waals surface area (Å²) in [5.74, 6) is 0.612. The van der Waals surface area contributed by atoms with Crippen molar-refractivity contribution < 1.29 is 0 Å². The lowest BCUT2D eigenvalue weighted by molar-refractivity contribution is 0.818. The van der Waals surface area contributed by atoms with Gasteiger partial charge in [-0.05, 0) is 18.6 Å². The predicted octanol–water partition coefficient (Wildman–Crippen LogP) is 2.98. The zero-order valence-corrected chi connectivity index (χ0v) is 13.8. The summed E-state index contributed by atoms with van der Waals surface area (Å²) in [7, 11) is 0. The van der Waals surface area contributed by atoms with Crippen molar-refractivity contribution in [2.75, 3.05) is 5.73 Å². The molecule has 0 spiro atoms. The van der Waals surface area contributed by atoms with Crippen molar-refractivity contribution in [1.82, 2.24) is 14.6 Å². The molecule has 0 fully saturated rings. The minimum Gasteiger partial charge on any atom is -0.398 e. The number of nitrogens with zero attached hydrogens (tertiary/aromatic N) is 3. The van der Waals surface area contributed by atoms with Crippen LogP contribution in [0.5, 0.6) is 0 Å². The number of para-hydroxylation sites is 1. The van der Waals surface area contributed by atoms with Gasteiger partial charge < -0.3 is 5.73 Å². The van der Waals surface area contributed by atoms with E-state index in [-0.39, 0.29) is 5.56 Å². The maximum atomic E-state index is 12.1. The fourth-order valence-corrected chi connectivity index (χ4v) is 3.93. The van der Waals surface area contributed by atoms with Crippen LogP contribution in [0.2, 0.25) is 0 Å². The van der Waals surface area contributed by atoms with E-state index in [4.69, 9.17) is 5.73 Å². The van der Waals surface area contributed by atoms with Gasteiger partial charge in [-0.2, -0.15) is 9.61 Å². The molecule has 0 aliphatic heterocycles. The largest absolute Gasteiger partial charge is 0.398 e. The van der Waals surface area contributed by atoms with Crippen LogP contribution in [0.4, 0.5) is 5.69 Å². The Morgan fingerprint density at radius 2 is 2.18 bits per heavy atom. The number of rotatable bonds is 5. The molecule has 0 saturated carbocycles. The molecule has 114 valence electrons. The van der Waals surface area contributed by atoms with Gasteiger partial charge >= 0.3 is 0 Å². The summed E-state index contributed by atoms with van der Waals surface area (Å²) in [5.41, 5.74) is 7.30. The van der Waals surface area contributed by atoms with Crippen LogP contribution in [0.25, 0.3) is 4.96 Å². The van der Waals surface area contributed by atoms with Gasteiger partial charge in [0.15, 0.2) is 0 Å². The number of benzene rings is 1. The molecule has 0 radical (unpaired) electrons. The lowest BCUT2D eigenvalue weighted by Gasteiger charge is -2.04. The highest BCUT2D eigenvalue weighted by atomic mass is 32.2. The summed E-state index contributed by atoms with van der Waals surface area (Å²) in [4.78, 5) is 18.3. The third-order valence-electron chi connectivity index (χ3n) is 3.10. The number of hydrogen-bond acceptors (Lipinski definition) is 6. The number of fused-ring (bicyclic) bond motifs is 1. The Hall–Kier alpha value is -1.86. The Balaban J connectivity index is 1.85. The zero-order valence-electron chi connectivity index (χ0n) is 12.2. The molecule has 0 saturated heterocycles. The SMILES string of the molecule is CCCc1nn2c(=O)cc(CSc3ccccc3N)nc2s1. The van der Waals surface area contributed by atoms with Crippen LogP contribution in [-0.2, 0) is 12.2 Å². The van der Waals surface area contributed by atoms with Crippen molar-refractivity contribution in [3.8, 4) is 0 Å². The number of anilines is 1. The molecule has 3 aromatic rings. The van der Waals surface area contributed by atoms with Crippen LogP contribution in [0.15, 0.2) is 40.0 Å². The second kappa shape index (κ2) is 6.50. The van der Waals surface area contributed by atoms with Gasteiger partial charge in [-0.25, -0.2) is 4.98 Å². The van der Waals surface area contributed by atoms with E-state index in [0.29, 0.717) is 10.7 Å². The van der Waals surface area contributed by atoms with Gasteiger partial charge in [0.1, 0.15) is 5.01 Å². The van der Waals surface area contributed by atoms with Crippen LogP contribution in [0.3, 0.4) is 0 Å². The minimum atomic E-state index is -0.125. The van der Waals surface area contributed by atoms with Crippen molar-refractivity contribution in [2.45, 2.75) is 30.4 Å². The van der Waals surface area contributed by atoms with Gasteiger partial charge in [-0.3, -0.25) is 4.79 Å². The standard InChI is InChI=1S/C15H16N4OS2/c1-2-5-13-18-19-14(20)8-10(17-15(19)22-13)9-21-12-7-4-3-6-11(12)16/h3-4,6-8H,2,5,9,16H2,1H3. The first-order valence-electron chi connectivity index (χ1n) is 7.03. The molecule has 2 aromatic heterocycles. The van der Waals surface area contributed by atoms with Crippen LogP contribution in [-0.4, -0.2) is 14.6 Å². The Kier molecular flexibility index (Phi) is 4.44. The Bertz CT molecular complexity index is 856. The molecule has 0 amide bonds. The Morgan fingerprint density at radius 3 is 2.95 bits per heavy atom. The summed E-state index contributed by atoms with van der Waals surface area (Å²) in [6.07, 6.45) is 1.88. The molecule has 3 rings (SSSR count). The van der Waals surface area contributed by atoms with Crippen molar-refractivity contribution in [1.29, 1.82) is 0 Å². The molecular formula is C15H16N4OS2. The molecule has 5 nitrogen and oxygen atoms in total. The summed E-state index contributed by atoms with van der Waals surface area (Å²) >= 11 is 3.06. The molecule has 7 heteroatoms. The molecular weight excluding hydrogens is 316 g/mol. The maximum absolute atomic E-state index is 12.1. The van der Waals surface area contributed by atoms with E-state index in [9.17, 15) is 4.79 Å². The van der Waals surface area contributed by atoms with E-state index in [2.05, 4.69) is 17.0 Å². The number of nitrogens with two attached hydrogens (primary N) is 1. The van der Waals surface area contributed by atoms with Crippen LogP contribution in [0, 0.1) is 0 Å². The van der Waals surface area contributed by atoms with Crippen LogP contribution in [0.1, 0.15) is 24.0 Å².